The molecule has 0 saturated heterocycles. The number of thiol groups is 1. The lowest BCUT2D eigenvalue weighted by Crippen LogP contribution is -1.83. The van der Waals surface area contributed by atoms with Gasteiger partial charge in [0, 0.05) is 22.9 Å². The van der Waals surface area contributed by atoms with E-state index in [1.165, 1.54) is 6.20 Å². The van der Waals surface area contributed by atoms with Crippen LogP contribution in [0.2, 0.25) is 0 Å². The second-order valence-electron chi connectivity index (χ2n) is 1.88. The van der Waals surface area contributed by atoms with Crippen LogP contribution in [0.4, 0.5) is 4.39 Å². The van der Waals surface area contributed by atoms with Gasteiger partial charge in [0.25, 0.3) is 0 Å². The van der Waals surface area contributed by atoms with E-state index in [1.807, 2.05) is 0 Å². The lowest BCUT2D eigenvalue weighted by molar-refractivity contribution is 0.467. The fourth-order valence-electron chi connectivity index (χ4n) is 0.596. The van der Waals surface area contributed by atoms with Crippen molar-refractivity contribution in [3.63, 3.8) is 0 Å². The molecule has 4 heteroatoms. The van der Waals surface area contributed by atoms with Crippen LogP contribution in [0.15, 0.2) is 23.4 Å². The number of hydrogen-bond donors (Lipinski definition) is 1. The van der Waals surface area contributed by atoms with Crippen LogP contribution >= 0.6 is 21.9 Å². The zero-order chi connectivity index (χ0) is 7.56. The highest BCUT2D eigenvalue weighted by Gasteiger charge is 2.01. The smallest absolute Gasteiger partial charge is 0.139 e. The molecule has 0 aromatic carbocycles. The molecule has 2 unspecified atom stereocenters. The Morgan fingerprint density at radius 2 is 2.30 bits per heavy atom. The lowest BCUT2D eigenvalue weighted by atomic mass is 10.3. The Morgan fingerprint density at radius 3 is 2.70 bits per heavy atom. The molecule has 0 spiro atoms. The first-order valence-electron chi connectivity index (χ1n) is 2.73. The molecule has 0 aliphatic heterocycles. The van der Waals surface area contributed by atoms with Crippen molar-refractivity contribution in [3.05, 3.63) is 24.0 Å². The molecule has 1 aromatic heterocycles. The van der Waals surface area contributed by atoms with Gasteiger partial charge < -0.3 is 0 Å². The Kier molecular flexibility index (Phi) is 2.64. The second kappa shape index (κ2) is 3.31. The van der Waals surface area contributed by atoms with Crippen LogP contribution in [0.5, 0.6) is 0 Å². The molecule has 1 nitrogen and oxygen atoms in total. The van der Waals surface area contributed by atoms with Gasteiger partial charge in [-0.1, -0.05) is 9.24 Å². The monoisotopic (exact) mass is 175 g/mol. The molecule has 1 heterocycles. The van der Waals surface area contributed by atoms with Gasteiger partial charge in [-0.2, -0.15) is 0 Å². The van der Waals surface area contributed by atoms with Gasteiger partial charge >= 0.3 is 0 Å². The standard InChI is InChI=1S/C6H7FNPS/c7-6(9)4-1-5(10)3-8-2-4/h1-3,6,10H,9H2. The molecule has 0 saturated carbocycles. The summed E-state index contributed by atoms with van der Waals surface area (Å²) in [5.41, 5.74) is 0.539. The van der Waals surface area contributed by atoms with Gasteiger partial charge in [0.1, 0.15) is 5.91 Å². The van der Waals surface area contributed by atoms with Gasteiger partial charge in [-0.15, -0.1) is 12.6 Å². The van der Waals surface area contributed by atoms with Gasteiger partial charge in [0.05, 0.1) is 0 Å². The van der Waals surface area contributed by atoms with Gasteiger partial charge in [-0.25, -0.2) is 4.39 Å². The maximum absolute atomic E-state index is 12.5. The lowest BCUT2D eigenvalue weighted by Gasteiger charge is -1.99. The van der Waals surface area contributed by atoms with Crippen molar-refractivity contribution in [2.45, 2.75) is 10.8 Å². The summed E-state index contributed by atoms with van der Waals surface area (Å²) in [4.78, 5) is 4.46. The van der Waals surface area contributed by atoms with E-state index in [1.54, 1.807) is 12.3 Å². The molecule has 10 heavy (non-hydrogen) atoms. The number of rotatable bonds is 1. The first-order chi connectivity index (χ1) is 4.70. The number of alkyl halides is 1. The van der Waals surface area contributed by atoms with E-state index in [0.29, 0.717) is 10.5 Å². The Morgan fingerprint density at radius 1 is 1.60 bits per heavy atom. The molecular formula is C6H7FNPS. The first-order valence-corrected chi connectivity index (χ1v) is 3.85. The van der Waals surface area contributed by atoms with E-state index >= 15 is 0 Å². The van der Waals surface area contributed by atoms with E-state index in [4.69, 9.17) is 0 Å². The van der Waals surface area contributed by atoms with Crippen molar-refractivity contribution < 1.29 is 4.39 Å². The van der Waals surface area contributed by atoms with Gasteiger partial charge in [0.2, 0.25) is 0 Å². The highest BCUT2D eigenvalue weighted by atomic mass is 32.1. The summed E-state index contributed by atoms with van der Waals surface area (Å²) in [6.45, 7) is 0. The second-order valence-corrected chi connectivity index (χ2v) is 2.98. The molecule has 0 radical (unpaired) electrons. The zero-order valence-electron chi connectivity index (χ0n) is 5.16. The van der Waals surface area contributed by atoms with Crippen molar-refractivity contribution in [2.24, 2.45) is 0 Å². The topological polar surface area (TPSA) is 12.9 Å². The Hall–Kier alpha value is -0.140. The molecule has 0 fully saturated rings. The Bertz CT molecular complexity index is 229. The molecule has 0 N–H and O–H groups in total. The summed E-state index contributed by atoms with van der Waals surface area (Å²) in [7, 11) is 2.05. The first kappa shape index (κ1) is 7.96. The summed E-state index contributed by atoms with van der Waals surface area (Å²) in [6, 6.07) is 1.65. The normalized spacial score (nSPS) is 13.1. The van der Waals surface area contributed by atoms with Crippen molar-refractivity contribution in [1.29, 1.82) is 0 Å². The fourth-order valence-corrected chi connectivity index (χ4v) is 0.994. The SMILES string of the molecule is FC(P)c1cncc(S)c1. The van der Waals surface area contributed by atoms with Gasteiger partial charge in [-0.05, 0) is 6.07 Å². The van der Waals surface area contributed by atoms with Crippen molar-refractivity contribution in [2.75, 3.05) is 0 Å². The average Bonchev–Trinajstić information content (AvgIpc) is 1.88. The quantitative estimate of drug-likeness (QED) is 0.510. The highest BCUT2D eigenvalue weighted by molar-refractivity contribution is 7.80. The predicted octanol–water partition coefficient (Wildman–Crippen LogP) is 2.21. The maximum atomic E-state index is 12.5. The molecule has 0 bridgehead atoms. The van der Waals surface area contributed by atoms with Crippen molar-refractivity contribution >= 4 is 21.9 Å². The molecule has 1 rings (SSSR count). The molecule has 1 aromatic rings. The number of pyridine rings is 1. The van der Waals surface area contributed by atoms with Crippen LogP contribution in [0.25, 0.3) is 0 Å². The third-order valence-corrected chi connectivity index (χ3v) is 1.69. The van der Waals surface area contributed by atoms with Crippen molar-refractivity contribution in [3.8, 4) is 0 Å². The summed E-state index contributed by atoms with van der Waals surface area (Å²) < 4.78 is 12.5. The average molecular weight is 175 g/mol. The maximum Gasteiger partial charge on any atom is 0.139 e. The minimum atomic E-state index is -1.04. The summed E-state index contributed by atoms with van der Waals surface area (Å²) in [5.74, 6) is -1.04. The van der Waals surface area contributed by atoms with Gasteiger partial charge in [-0.3, -0.25) is 4.98 Å². The molecule has 0 amide bonds. The molecule has 2 atom stereocenters. The summed E-state index contributed by atoms with van der Waals surface area (Å²) in [6.07, 6.45) is 3.05. The zero-order valence-corrected chi connectivity index (χ0v) is 7.21. The van der Waals surface area contributed by atoms with Crippen LogP contribution in [0.1, 0.15) is 11.5 Å². The van der Waals surface area contributed by atoms with Crippen molar-refractivity contribution in [1.82, 2.24) is 4.98 Å². The number of halogens is 1. The van der Waals surface area contributed by atoms with E-state index in [9.17, 15) is 4.39 Å². The van der Waals surface area contributed by atoms with Gasteiger partial charge in [0.15, 0.2) is 0 Å². The number of hydrogen-bond acceptors (Lipinski definition) is 2. The molecule has 54 valence electrons. The molecule has 0 aliphatic rings. The van der Waals surface area contributed by atoms with Crippen LogP contribution in [0, 0.1) is 0 Å². The third-order valence-electron chi connectivity index (χ3n) is 1.06. The van der Waals surface area contributed by atoms with E-state index in [0.717, 1.165) is 0 Å². The summed E-state index contributed by atoms with van der Waals surface area (Å²) >= 11 is 4.01. The van der Waals surface area contributed by atoms with E-state index in [2.05, 4.69) is 26.9 Å². The predicted molar refractivity (Wildman–Crippen MR) is 45.0 cm³/mol. The minimum absolute atomic E-state index is 0.539. The highest BCUT2D eigenvalue weighted by Crippen LogP contribution is 2.24. The number of aromatic nitrogens is 1. The minimum Gasteiger partial charge on any atom is -0.263 e. The Balaban J connectivity index is 2.96. The Labute approximate surface area is 66.7 Å². The van der Waals surface area contributed by atoms with Crippen LogP contribution in [-0.2, 0) is 0 Å². The van der Waals surface area contributed by atoms with Crippen LogP contribution in [-0.4, -0.2) is 4.98 Å². The van der Waals surface area contributed by atoms with Crippen LogP contribution < -0.4 is 0 Å². The number of nitrogens with zero attached hydrogens (tertiary/aromatic N) is 1. The van der Waals surface area contributed by atoms with E-state index in [-0.39, 0.29) is 0 Å². The molecular weight excluding hydrogens is 168 g/mol. The van der Waals surface area contributed by atoms with E-state index < -0.39 is 5.91 Å². The largest absolute Gasteiger partial charge is 0.263 e. The fraction of sp³-hybridized carbons (Fsp3) is 0.167. The van der Waals surface area contributed by atoms with Crippen LogP contribution in [0.3, 0.4) is 0 Å². The molecule has 0 aliphatic carbocycles. The third kappa shape index (κ3) is 1.93. The summed E-state index contributed by atoms with van der Waals surface area (Å²) in [5, 5.41) is 0.